The molecule has 1 fully saturated rings. The van der Waals surface area contributed by atoms with Gasteiger partial charge in [0.05, 0.1) is 15.5 Å². The van der Waals surface area contributed by atoms with Gasteiger partial charge in [0, 0.05) is 19.1 Å². The fraction of sp³-hybridized carbons (Fsp3) is 0.562. The maximum Gasteiger partial charge on any atom is 0.230 e. The Morgan fingerprint density at radius 2 is 2.05 bits per heavy atom. The zero-order valence-electron chi connectivity index (χ0n) is 12.5. The Kier molecular flexibility index (Phi) is 5.18. The van der Waals surface area contributed by atoms with E-state index in [1.165, 1.54) is 0 Å². The van der Waals surface area contributed by atoms with Gasteiger partial charge in [-0.15, -0.1) is 0 Å². The summed E-state index contributed by atoms with van der Waals surface area (Å²) in [5, 5.41) is 1.06. The molecule has 1 unspecified atom stereocenters. The quantitative estimate of drug-likeness (QED) is 0.861. The summed E-state index contributed by atoms with van der Waals surface area (Å²) in [6.07, 6.45) is 2.88. The lowest BCUT2D eigenvalue weighted by Crippen LogP contribution is -2.46. The molecule has 0 saturated heterocycles. The molecule has 2 N–H and O–H groups in total. The third-order valence-electron chi connectivity index (χ3n) is 4.33. The van der Waals surface area contributed by atoms with E-state index in [0.717, 1.165) is 24.8 Å². The van der Waals surface area contributed by atoms with Gasteiger partial charge in [-0.25, -0.2) is 0 Å². The predicted molar refractivity (Wildman–Crippen MR) is 87.5 cm³/mol. The molecule has 1 aromatic rings. The molecule has 21 heavy (non-hydrogen) atoms. The van der Waals surface area contributed by atoms with Crippen LogP contribution in [0.2, 0.25) is 10.0 Å². The van der Waals surface area contributed by atoms with E-state index in [1.54, 1.807) is 6.07 Å². The summed E-state index contributed by atoms with van der Waals surface area (Å²) in [6, 6.07) is 5.86. The predicted octanol–water partition coefficient (Wildman–Crippen LogP) is 3.86. The van der Waals surface area contributed by atoms with E-state index in [2.05, 4.69) is 0 Å². The Hall–Kier alpha value is -0.770. The zero-order valence-corrected chi connectivity index (χ0v) is 14.0. The van der Waals surface area contributed by atoms with Gasteiger partial charge >= 0.3 is 0 Å². The van der Waals surface area contributed by atoms with Gasteiger partial charge in [0.25, 0.3) is 0 Å². The number of hydrogen-bond acceptors (Lipinski definition) is 2. The molecule has 1 aliphatic rings. The first-order chi connectivity index (χ1) is 9.91. The highest BCUT2D eigenvalue weighted by Gasteiger charge is 2.40. The molecule has 0 aliphatic heterocycles. The van der Waals surface area contributed by atoms with E-state index >= 15 is 0 Å². The van der Waals surface area contributed by atoms with E-state index < -0.39 is 5.41 Å². The first-order valence-electron chi connectivity index (χ1n) is 7.36. The van der Waals surface area contributed by atoms with Crippen molar-refractivity contribution in [3.8, 4) is 0 Å². The monoisotopic (exact) mass is 328 g/mol. The van der Waals surface area contributed by atoms with Crippen molar-refractivity contribution in [3.63, 3.8) is 0 Å². The molecule has 3 nitrogen and oxygen atoms in total. The number of benzene rings is 1. The number of hydrogen-bond donors (Lipinski definition) is 1. The average molecular weight is 329 g/mol. The molecule has 1 amide bonds. The zero-order chi connectivity index (χ0) is 15.6. The molecule has 0 spiro atoms. The van der Waals surface area contributed by atoms with Crippen molar-refractivity contribution in [2.75, 3.05) is 6.54 Å². The molecule has 1 aromatic carbocycles. The third kappa shape index (κ3) is 3.71. The summed E-state index contributed by atoms with van der Waals surface area (Å²) in [6.45, 7) is 4.89. The van der Waals surface area contributed by atoms with Gasteiger partial charge in [-0.2, -0.15) is 0 Å². The summed E-state index contributed by atoms with van der Waals surface area (Å²) >= 11 is 12.0. The third-order valence-corrected chi connectivity index (χ3v) is 5.07. The molecule has 0 aromatic heterocycles. The lowest BCUT2D eigenvalue weighted by atomic mass is 9.85. The van der Waals surface area contributed by atoms with Crippen molar-refractivity contribution in [1.29, 1.82) is 0 Å². The van der Waals surface area contributed by atoms with Gasteiger partial charge in [0.15, 0.2) is 0 Å². The Morgan fingerprint density at radius 3 is 2.52 bits per heavy atom. The summed E-state index contributed by atoms with van der Waals surface area (Å²) in [7, 11) is 0. The van der Waals surface area contributed by atoms with Crippen LogP contribution in [-0.2, 0) is 11.3 Å². The fourth-order valence-electron chi connectivity index (χ4n) is 2.32. The molecular formula is C16H22Cl2N2O. The Morgan fingerprint density at radius 1 is 1.38 bits per heavy atom. The van der Waals surface area contributed by atoms with Crippen molar-refractivity contribution in [3.05, 3.63) is 33.8 Å². The number of rotatable bonds is 6. The first-order valence-corrected chi connectivity index (χ1v) is 8.12. The van der Waals surface area contributed by atoms with Crippen LogP contribution in [0.25, 0.3) is 0 Å². The van der Waals surface area contributed by atoms with Crippen LogP contribution < -0.4 is 5.73 Å². The lowest BCUT2D eigenvalue weighted by molar-refractivity contribution is -0.142. The Labute approximate surface area is 136 Å². The smallest absolute Gasteiger partial charge is 0.230 e. The molecule has 1 saturated carbocycles. The van der Waals surface area contributed by atoms with Crippen molar-refractivity contribution in [2.45, 2.75) is 45.7 Å². The minimum atomic E-state index is -0.487. The maximum atomic E-state index is 12.9. The minimum Gasteiger partial charge on any atom is -0.335 e. The maximum absolute atomic E-state index is 12.9. The molecule has 1 atom stereocenters. The Bertz CT molecular complexity index is 525. The molecule has 0 bridgehead atoms. The standard InChI is InChI=1S/C16H22Cl2N2O/c1-3-16(2,10-19)15(21)20(12-5-6-12)9-11-4-7-13(17)14(18)8-11/h4,7-8,12H,3,5-6,9-10,19H2,1-2H3. The number of carbonyl (C=O) groups is 1. The molecule has 0 radical (unpaired) electrons. The lowest BCUT2D eigenvalue weighted by Gasteiger charge is -2.33. The van der Waals surface area contributed by atoms with Gasteiger partial charge in [0.1, 0.15) is 0 Å². The van der Waals surface area contributed by atoms with E-state index in [9.17, 15) is 4.79 Å². The van der Waals surface area contributed by atoms with Gasteiger partial charge in [-0.3, -0.25) is 4.79 Å². The van der Waals surface area contributed by atoms with Crippen molar-refractivity contribution in [1.82, 2.24) is 4.90 Å². The molecule has 2 rings (SSSR count). The van der Waals surface area contributed by atoms with Crippen LogP contribution in [-0.4, -0.2) is 23.4 Å². The Balaban J connectivity index is 2.19. The van der Waals surface area contributed by atoms with Crippen LogP contribution in [0.5, 0.6) is 0 Å². The van der Waals surface area contributed by atoms with Crippen LogP contribution in [0.3, 0.4) is 0 Å². The van der Waals surface area contributed by atoms with E-state index in [-0.39, 0.29) is 5.91 Å². The largest absolute Gasteiger partial charge is 0.335 e. The fourth-order valence-corrected chi connectivity index (χ4v) is 2.64. The van der Waals surface area contributed by atoms with E-state index in [4.69, 9.17) is 28.9 Å². The number of amides is 1. The summed E-state index contributed by atoms with van der Waals surface area (Å²) in [5.41, 5.74) is 6.34. The highest BCUT2D eigenvalue weighted by molar-refractivity contribution is 6.42. The normalized spacial score (nSPS) is 17.4. The van der Waals surface area contributed by atoms with Crippen molar-refractivity contribution < 1.29 is 4.79 Å². The van der Waals surface area contributed by atoms with Gasteiger partial charge in [-0.1, -0.05) is 36.2 Å². The number of nitrogens with two attached hydrogens (primary N) is 1. The summed E-state index contributed by atoms with van der Waals surface area (Å²) < 4.78 is 0. The van der Waals surface area contributed by atoms with E-state index in [0.29, 0.717) is 29.2 Å². The molecular weight excluding hydrogens is 307 g/mol. The first kappa shape index (κ1) is 16.6. The minimum absolute atomic E-state index is 0.140. The second-order valence-electron chi connectivity index (χ2n) is 6.03. The topological polar surface area (TPSA) is 46.3 Å². The second kappa shape index (κ2) is 6.55. The molecule has 5 heteroatoms. The van der Waals surface area contributed by atoms with Crippen LogP contribution in [0.4, 0.5) is 0 Å². The van der Waals surface area contributed by atoms with Gasteiger partial charge in [0.2, 0.25) is 5.91 Å². The second-order valence-corrected chi connectivity index (χ2v) is 6.85. The summed E-state index contributed by atoms with van der Waals surface area (Å²) in [5.74, 6) is 0.140. The number of carbonyl (C=O) groups excluding carboxylic acids is 1. The van der Waals surface area contributed by atoms with Crippen LogP contribution in [0.15, 0.2) is 18.2 Å². The van der Waals surface area contributed by atoms with E-state index in [1.807, 2.05) is 30.9 Å². The van der Waals surface area contributed by atoms with Crippen molar-refractivity contribution in [2.24, 2.45) is 11.1 Å². The molecule has 116 valence electrons. The molecule has 1 aliphatic carbocycles. The highest BCUT2D eigenvalue weighted by Crippen LogP contribution is 2.34. The SMILES string of the molecule is CCC(C)(CN)C(=O)N(Cc1ccc(Cl)c(Cl)c1)C1CC1. The van der Waals surface area contributed by atoms with Crippen LogP contribution in [0.1, 0.15) is 38.7 Å². The average Bonchev–Trinajstić information content (AvgIpc) is 3.31. The van der Waals surface area contributed by atoms with Gasteiger partial charge < -0.3 is 10.6 Å². The highest BCUT2D eigenvalue weighted by atomic mass is 35.5. The van der Waals surface area contributed by atoms with Crippen molar-refractivity contribution >= 4 is 29.1 Å². The number of halogens is 2. The summed E-state index contributed by atoms with van der Waals surface area (Å²) in [4.78, 5) is 14.8. The van der Waals surface area contributed by atoms with Gasteiger partial charge in [-0.05, 0) is 43.9 Å². The van der Waals surface area contributed by atoms with Crippen LogP contribution in [0, 0.1) is 5.41 Å². The van der Waals surface area contributed by atoms with Crippen LogP contribution >= 0.6 is 23.2 Å². The number of nitrogens with zero attached hydrogens (tertiary/aromatic N) is 1. The molecule has 0 heterocycles.